The van der Waals surface area contributed by atoms with E-state index in [2.05, 4.69) is 215 Å². The highest BCUT2D eigenvalue weighted by molar-refractivity contribution is 6.10. The van der Waals surface area contributed by atoms with E-state index in [-0.39, 0.29) is 12.1 Å². The zero-order valence-electron chi connectivity index (χ0n) is 31.6. The van der Waals surface area contributed by atoms with Crippen molar-refractivity contribution in [2.24, 2.45) is 0 Å². The van der Waals surface area contributed by atoms with Crippen LogP contribution in [0.15, 0.2) is 206 Å². The largest absolute Gasteiger partial charge is 0.334 e. The van der Waals surface area contributed by atoms with Crippen molar-refractivity contribution in [2.75, 3.05) is 9.80 Å². The van der Waals surface area contributed by atoms with Crippen LogP contribution in [0.5, 0.6) is 0 Å². The smallest absolute Gasteiger partial charge is 0.0629 e. The number of fused-ring (bicyclic) bond motifs is 9. The minimum Gasteiger partial charge on any atom is -0.334 e. The summed E-state index contributed by atoms with van der Waals surface area (Å²) >= 11 is 0. The number of aromatic nitrogens is 1. The van der Waals surface area contributed by atoms with E-state index in [0.717, 1.165) is 12.8 Å². The zero-order chi connectivity index (χ0) is 37.5. The van der Waals surface area contributed by atoms with Gasteiger partial charge in [0, 0.05) is 51.1 Å². The maximum Gasteiger partial charge on any atom is 0.0629 e. The van der Waals surface area contributed by atoms with E-state index in [4.69, 9.17) is 0 Å². The van der Waals surface area contributed by atoms with Gasteiger partial charge in [0.25, 0.3) is 0 Å². The van der Waals surface area contributed by atoms with Crippen LogP contribution in [0.1, 0.15) is 35.8 Å². The molecule has 4 unspecified atom stereocenters. The van der Waals surface area contributed by atoms with E-state index in [0.29, 0.717) is 11.8 Å². The molecule has 0 bridgehead atoms. The lowest BCUT2D eigenvalue weighted by molar-refractivity contribution is 0.725. The van der Waals surface area contributed by atoms with Gasteiger partial charge in [0.05, 0.1) is 23.1 Å². The molecule has 5 aliphatic rings. The second-order valence-corrected chi connectivity index (χ2v) is 15.9. The topological polar surface area (TPSA) is 11.4 Å². The van der Waals surface area contributed by atoms with Crippen molar-refractivity contribution in [1.29, 1.82) is 0 Å². The Bertz CT molecular complexity index is 2950. The maximum absolute atomic E-state index is 2.58. The van der Waals surface area contributed by atoms with Gasteiger partial charge in [-0.3, -0.25) is 0 Å². The van der Waals surface area contributed by atoms with Crippen LogP contribution in [0.25, 0.3) is 49.7 Å². The Hall–Kier alpha value is -6.84. The molecule has 3 nitrogen and oxygen atoms in total. The molecule has 0 radical (unpaired) electrons. The Morgan fingerprint density at radius 2 is 1.11 bits per heavy atom. The first-order valence-corrected chi connectivity index (χ1v) is 20.4. The SMILES string of the molecule is C1=CC2c3cc(-c4cc(-c5ccc6c(c5)c5ccccc5n6-c5ccccc5)cc(N5c6ccccc6C6C=CC=CC65)c4)ccc3N(C3=CCCC=C3)C2C=C1. The Balaban J connectivity index is 1.05. The summed E-state index contributed by atoms with van der Waals surface area (Å²) < 4.78 is 2.40. The first-order chi connectivity index (χ1) is 28.3. The molecule has 0 amide bonds. The first-order valence-electron chi connectivity index (χ1n) is 20.4. The Morgan fingerprint density at radius 3 is 1.93 bits per heavy atom. The molecule has 4 atom stereocenters. The average Bonchev–Trinajstić information content (AvgIpc) is 3.92. The van der Waals surface area contributed by atoms with Gasteiger partial charge in [-0.1, -0.05) is 127 Å². The van der Waals surface area contributed by atoms with E-state index in [1.54, 1.807) is 0 Å². The second-order valence-electron chi connectivity index (χ2n) is 15.9. The fraction of sp³-hybridized carbons (Fsp3) is 0.111. The van der Waals surface area contributed by atoms with Crippen molar-refractivity contribution in [2.45, 2.75) is 36.8 Å². The number of allylic oxidation sites excluding steroid dienone is 7. The molecule has 0 N–H and O–H groups in total. The zero-order valence-corrected chi connectivity index (χ0v) is 31.6. The molecule has 6 aromatic carbocycles. The second kappa shape index (κ2) is 12.9. The van der Waals surface area contributed by atoms with Crippen LogP contribution in [-0.4, -0.2) is 16.7 Å². The van der Waals surface area contributed by atoms with Crippen molar-refractivity contribution in [3.05, 3.63) is 217 Å². The minimum absolute atomic E-state index is 0.215. The third-order valence-corrected chi connectivity index (χ3v) is 12.8. The number of benzene rings is 6. The van der Waals surface area contributed by atoms with Crippen LogP contribution in [0.2, 0.25) is 0 Å². The van der Waals surface area contributed by atoms with Crippen LogP contribution >= 0.6 is 0 Å². The summed E-state index contributed by atoms with van der Waals surface area (Å²) in [6, 6.07) is 50.6. The maximum atomic E-state index is 2.58. The molecule has 272 valence electrons. The van der Waals surface area contributed by atoms with Crippen LogP contribution < -0.4 is 9.80 Å². The quantitative estimate of drug-likeness (QED) is 0.175. The number of rotatable bonds is 5. The molecule has 3 heterocycles. The highest BCUT2D eigenvalue weighted by Crippen LogP contribution is 2.51. The number of nitrogens with zero attached hydrogens (tertiary/aromatic N) is 3. The van der Waals surface area contributed by atoms with Gasteiger partial charge in [-0.25, -0.2) is 0 Å². The number of hydrogen-bond acceptors (Lipinski definition) is 2. The average molecular weight is 732 g/mol. The summed E-state index contributed by atoms with van der Waals surface area (Å²) in [6.45, 7) is 0. The number of hydrogen-bond donors (Lipinski definition) is 0. The summed E-state index contributed by atoms with van der Waals surface area (Å²) in [7, 11) is 0. The van der Waals surface area contributed by atoms with E-state index in [9.17, 15) is 0 Å². The lowest BCUT2D eigenvalue weighted by Crippen LogP contribution is -2.31. The molecule has 3 aliphatic carbocycles. The highest BCUT2D eigenvalue weighted by Gasteiger charge is 2.39. The lowest BCUT2D eigenvalue weighted by atomic mass is 9.89. The molecule has 12 rings (SSSR count). The van der Waals surface area contributed by atoms with Crippen molar-refractivity contribution in [3.63, 3.8) is 0 Å². The van der Waals surface area contributed by atoms with E-state index in [1.165, 1.54) is 83.6 Å². The van der Waals surface area contributed by atoms with Gasteiger partial charge in [0.1, 0.15) is 0 Å². The van der Waals surface area contributed by atoms with Gasteiger partial charge in [0.2, 0.25) is 0 Å². The first kappa shape index (κ1) is 32.4. The summed E-state index contributed by atoms with van der Waals surface area (Å²) in [4.78, 5) is 5.14. The molecule has 0 saturated heterocycles. The van der Waals surface area contributed by atoms with Crippen LogP contribution in [0, 0.1) is 0 Å². The minimum atomic E-state index is 0.215. The van der Waals surface area contributed by atoms with E-state index < -0.39 is 0 Å². The van der Waals surface area contributed by atoms with Gasteiger partial charge in [0.15, 0.2) is 0 Å². The van der Waals surface area contributed by atoms with E-state index in [1.807, 2.05) is 0 Å². The third-order valence-electron chi connectivity index (χ3n) is 12.8. The molecule has 3 heteroatoms. The van der Waals surface area contributed by atoms with Crippen molar-refractivity contribution < 1.29 is 0 Å². The molecule has 0 spiro atoms. The lowest BCUT2D eigenvalue weighted by Gasteiger charge is -2.30. The van der Waals surface area contributed by atoms with Crippen molar-refractivity contribution in [1.82, 2.24) is 4.57 Å². The highest BCUT2D eigenvalue weighted by atomic mass is 15.2. The molecule has 1 aromatic heterocycles. The molecule has 2 aliphatic heterocycles. The molecule has 57 heavy (non-hydrogen) atoms. The monoisotopic (exact) mass is 731 g/mol. The normalized spacial score (nSPS) is 21.2. The summed E-state index contributed by atoms with van der Waals surface area (Å²) in [5.74, 6) is 0.620. The standard InChI is InChI=1S/C54H41N3/c1-3-15-40(16-4-1)55-51-25-13-9-21-45(51)47-34-36(27-29-53(47)55)38-31-39(33-42(32-38)57-49-23-11-7-19-43(49)44-20-8-12-24-50(44)57)37-28-30-54-48(35-37)46-22-10-14-26-52(46)56(54)41-17-5-2-6-18-41/h1,3-5,7-35,43,46,49,52H,2,6H2. The Morgan fingerprint density at radius 1 is 0.439 bits per heavy atom. The van der Waals surface area contributed by atoms with Crippen LogP contribution in [0.4, 0.5) is 17.1 Å². The molecular formula is C54H41N3. The van der Waals surface area contributed by atoms with Crippen molar-refractivity contribution in [3.8, 4) is 27.9 Å². The van der Waals surface area contributed by atoms with Gasteiger partial charge >= 0.3 is 0 Å². The summed E-state index contributed by atoms with van der Waals surface area (Å²) in [6.07, 6.45) is 27.6. The summed E-state index contributed by atoms with van der Waals surface area (Å²) in [5, 5.41) is 2.53. The third kappa shape index (κ3) is 5.05. The van der Waals surface area contributed by atoms with Crippen LogP contribution in [0.3, 0.4) is 0 Å². The molecular weight excluding hydrogens is 691 g/mol. The van der Waals surface area contributed by atoms with Gasteiger partial charge in [-0.15, -0.1) is 0 Å². The summed E-state index contributed by atoms with van der Waals surface area (Å²) in [5.41, 5.74) is 16.4. The van der Waals surface area contributed by atoms with Crippen LogP contribution in [-0.2, 0) is 0 Å². The fourth-order valence-electron chi connectivity index (χ4n) is 10.3. The van der Waals surface area contributed by atoms with Gasteiger partial charge in [-0.05, 0) is 119 Å². The fourth-order valence-corrected chi connectivity index (χ4v) is 10.3. The Kier molecular flexibility index (Phi) is 7.31. The number of anilines is 3. The predicted octanol–water partition coefficient (Wildman–Crippen LogP) is 13.5. The molecule has 7 aromatic rings. The van der Waals surface area contributed by atoms with E-state index >= 15 is 0 Å². The Labute approximate surface area is 333 Å². The number of para-hydroxylation sites is 3. The molecule has 0 saturated carbocycles. The van der Waals surface area contributed by atoms with Crippen molar-refractivity contribution >= 4 is 38.9 Å². The molecule has 0 fully saturated rings. The van der Waals surface area contributed by atoms with Gasteiger partial charge in [-0.2, -0.15) is 0 Å². The van der Waals surface area contributed by atoms with Gasteiger partial charge < -0.3 is 14.4 Å². The predicted molar refractivity (Wildman–Crippen MR) is 239 cm³/mol.